The highest BCUT2D eigenvalue weighted by atomic mass is 15.4. The van der Waals surface area contributed by atoms with Crippen molar-refractivity contribution in [3.8, 4) is 0 Å². The number of likely N-dealkylation sites (N-methyl/N-ethyl adjacent to an activating group) is 1. The van der Waals surface area contributed by atoms with Crippen LogP contribution in [0.1, 0.15) is 46.0 Å². The van der Waals surface area contributed by atoms with Crippen LogP contribution in [0, 0.1) is 5.92 Å². The summed E-state index contributed by atoms with van der Waals surface area (Å²) in [5.74, 6) is 1.54. The fourth-order valence-electron chi connectivity index (χ4n) is 3.27. The Balaban J connectivity index is 2.12. The Hall–Kier alpha value is -0.730. The zero-order chi connectivity index (χ0) is 10.9. The number of hydrogen-bond acceptors (Lipinski definition) is 3. The van der Waals surface area contributed by atoms with Crippen LogP contribution in [0.5, 0.6) is 0 Å². The van der Waals surface area contributed by atoms with Gasteiger partial charge in [0, 0.05) is 6.54 Å². The fraction of sp³-hybridized carbons (Fsp3) is 0.917. The summed E-state index contributed by atoms with van der Waals surface area (Å²) in [6.07, 6.45) is 6.90. The molecule has 2 aliphatic rings. The van der Waals surface area contributed by atoms with E-state index in [-0.39, 0.29) is 5.54 Å². The third-order valence-corrected chi connectivity index (χ3v) is 4.26. The first-order valence-corrected chi connectivity index (χ1v) is 6.26. The lowest BCUT2D eigenvalue weighted by atomic mass is 9.75. The van der Waals surface area contributed by atoms with Crippen molar-refractivity contribution >= 4 is 5.96 Å². The van der Waals surface area contributed by atoms with Gasteiger partial charge < -0.3 is 10.6 Å². The van der Waals surface area contributed by atoms with E-state index in [0.29, 0.717) is 0 Å². The molecule has 2 rings (SSSR count). The fourth-order valence-corrected chi connectivity index (χ4v) is 3.27. The van der Waals surface area contributed by atoms with Gasteiger partial charge in [-0.3, -0.25) is 4.99 Å². The molecule has 1 saturated carbocycles. The SMILES string of the molecule is CCN1C(N)=NCC1(C)C1CCCCC1. The second kappa shape index (κ2) is 4.03. The quantitative estimate of drug-likeness (QED) is 0.755. The van der Waals surface area contributed by atoms with E-state index in [4.69, 9.17) is 5.73 Å². The lowest BCUT2D eigenvalue weighted by Crippen LogP contribution is -2.54. The van der Waals surface area contributed by atoms with Gasteiger partial charge in [0.15, 0.2) is 5.96 Å². The summed E-state index contributed by atoms with van der Waals surface area (Å²) in [6, 6.07) is 0. The molecule has 0 radical (unpaired) electrons. The number of rotatable bonds is 2. The molecule has 3 heteroatoms. The van der Waals surface area contributed by atoms with E-state index in [9.17, 15) is 0 Å². The van der Waals surface area contributed by atoms with E-state index in [1.54, 1.807) is 0 Å². The lowest BCUT2D eigenvalue weighted by Gasteiger charge is -2.43. The molecule has 1 aliphatic heterocycles. The van der Waals surface area contributed by atoms with Crippen molar-refractivity contribution in [2.24, 2.45) is 16.6 Å². The molecule has 2 N–H and O–H groups in total. The zero-order valence-corrected chi connectivity index (χ0v) is 10.00. The summed E-state index contributed by atoms with van der Waals surface area (Å²) in [7, 11) is 0. The molecule has 0 aromatic carbocycles. The maximum atomic E-state index is 5.95. The Morgan fingerprint density at radius 2 is 2.07 bits per heavy atom. The molecule has 1 heterocycles. The average molecular weight is 209 g/mol. The van der Waals surface area contributed by atoms with Crippen molar-refractivity contribution < 1.29 is 0 Å². The Bertz CT molecular complexity index is 256. The molecule has 1 fully saturated rings. The minimum Gasteiger partial charge on any atom is -0.370 e. The van der Waals surface area contributed by atoms with E-state index >= 15 is 0 Å². The average Bonchev–Trinajstić information content (AvgIpc) is 2.57. The first kappa shape index (κ1) is 10.8. The standard InChI is InChI=1S/C12H23N3/c1-3-15-11(13)14-9-12(15,2)10-7-5-4-6-8-10/h10H,3-9H2,1-2H3,(H2,13,14). The number of nitrogens with zero attached hydrogens (tertiary/aromatic N) is 2. The lowest BCUT2D eigenvalue weighted by molar-refractivity contribution is 0.112. The van der Waals surface area contributed by atoms with Crippen LogP contribution in [0.3, 0.4) is 0 Å². The molecule has 0 aromatic rings. The molecule has 0 saturated heterocycles. The van der Waals surface area contributed by atoms with Crippen molar-refractivity contribution in [3.63, 3.8) is 0 Å². The summed E-state index contributed by atoms with van der Waals surface area (Å²) >= 11 is 0. The Morgan fingerprint density at radius 3 is 2.67 bits per heavy atom. The van der Waals surface area contributed by atoms with Gasteiger partial charge in [-0.05, 0) is 32.6 Å². The number of nitrogens with two attached hydrogens (primary N) is 1. The molecule has 0 aromatic heterocycles. The topological polar surface area (TPSA) is 41.6 Å². The minimum absolute atomic E-state index is 0.208. The molecule has 86 valence electrons. The highest BCUT2D eigenvalue weighted by Gasteiger charge is 2.43. The van der Waals surface area contributed by atoms with Crippen LogP contribution in [0.25, 0.3) is 0 Å². The maximum Gasteiger partial charge on any atom is 0.191 e. The van der Waals surface area contributed by atoms with Crippen LogP contribution in [-0.2, 0) is 0 Å². The minimum atomic E-state index is 0.208. The van der Waals surface area contributed by atoms with Crippen LogP contribution in [0.2, 0.25) is 0 Å². The van der Waals surface area contributed by atoms with Gasteiger partial charge in [-0.25, -0.2) is 0 Å². The largest absolute Gasteiger partial charge is 0.370 e. The monoisotopic (exact) mass is 209 g/mol. The predicted octanol–water partition coefficient (Wildman–Crippen LogP) is 1.98. The normalized spacial score (nSPS) is 33.2. The summed E-state index contributed by atoms with van der Waals surface area (Å²) in [5, 5.41) is 0. The van der Waals surface area contributed by atoms with E-state index in [1.807, 2.05) is 0 Å². The van der Waals surface area contributed by atoms with Crippen LogP contribution in [0.15, 0.2) is 4.99 Å². The zero-order valence-electron chi connectivity index (χ0n) is 10.00. The van der Waals surface area contributed by atoms with Crippen molar-refractivity contribution in [2.75, 3.05) is 13.1 Å². The molecule has 0 bridgehead atoms. The highest BCUT2D eigenvalue weighted by Crippen LogP contribution is 2.38. The molecule has 0 spiro atoms. The van der Waals surface area contributed by atoms with E-state index in [0.717, 1.165) is 25.0 Å². The van der Waals surface area contributed by atoms with Crippen LogP contribution >= 0.6 is 0 Å². The Labute approximate surface area is 92.7 Å². The first-order chi connectivity index (χ1) is 7.18. The van der Waals surface area contributed by atoms with Crippen LogP contribution in [-0.4, -0.2) is 29.5 Å². The Morgan fingerprint density at radius 1 is 1.40 bits per heavy atom. The van der Waals surface area contributed by atoms with Crippen LogP contribution in [0.4, 0.5) is 0 Å². The van der Waals surface area contributed by atoms with Gasteiger partial charge in [-0.1, -0.05) is 19.3 Å². The van der Waals surface area contributed by atoms with Gasteiger partial charge in [0.1, 0.15) is 0 Å². The number of hydrogen-bond donors (Lipinski definition) is 1. The van der Waals surface area contributed by atoms with Gasteiger partial charge >= 0.3 is 0 Å². The molecule has 1 aliphatic carbocycles. The maximum absolute atomic E-state index is 5.95. The summed E-state index contributed by atoms with van der Waals surface area (Å²) < 4.78 is 0. The molecular weight excluding hydrogens is 186 g/mol. The van der Waals surface area contributed by atoms with E-state index in [1.165, 1.54) is 32.1 Å². The van der Waals surface area contributed by atoms with Crippen molar-refractivity contribution in [3.05, 3.63) is 0 Å². The highest BCUT2D eigenvalue weighted by molar-refractivity contribution is 5.81. The second-order valence-corrected chi connectivity index (χ2v) is 5.11. The molecule has 0 amide bonds. The smallest absolute Gasteiger partial charge is 0.191 e. The molecule has 3 nitrogen and oxygen atoms in total. The summed E-state index contributed by atoms with van der Waals surface area (Å²) in [5.41, 5.74) is 6.16. The Kier molecular flexibility index (Phi) is 2.89. The van der Waals surface area contributed by atoms with Crippen LogP contribution < -0.4 is 5.73 Å². The van der Waals surface area contributed by atoms with E-state index < -0.39 is 0 Å². The van der Waals surface area contributed by atoms with E-state index in [2.05, 4.69) is 23.7 Å². The van der Waals surface area contributed by atoms with Crippen molar-refractivity contribution in [1.29, 1.82) is 0 Å². The predicted molar refractivity (Wildman–Crippen MR) is 63.8 cm³/mol. The van der Waals surface area contributed by atoms with Gasteiger partial charge in [0.2, 0.25) is 0 Å². The van der Waals surface area contributed by atoms with Gasteiger partial charge in [-0.15, -0.1) is 0 Å². The van der Waals surface area contributed by atoms with Gasteiger partial charge in [-0.2, -0.15) is 0 Å². The molecule has 15 heavy (non-hydrogen) atoms. The number of aliphatic imine (C=N–C) groups is 1. The van der Waals surface area contributed by atoms with Crippen molar-refractivity contribution in [2.45, 2.75) is 51.5 Å². The summed E-state index contributed by atoms with van der Waals surface area (Å²) in [4.78, 5) is 6.75. The second-order valence-electron chi connectivity index (χ2n) is 5.11. The molecular formula is C12H23N3. The molecule has 1 atom stereocenters. The first-order valence-electron chi connectivity index (χ1n) is 6.26. The van der Waals surface area contributed by atoms with Gasteiger partial charge in [0.25, 0.3) is 0 Å². The summed E-state index contributed by atoms with van der Waals surface area (Å²) in [6.45, 7) is 6.41. The number of guanidine groups is 1. The third kappa shape index (κ3) is 1.72. The van der Waals surface area contributed by atoms with Crippen molar-refractivity contribution in [1.82, 2.24) is 4.90 Å². The third-order valence-electron chi connectivity index (χ3n) is 4.26. The van der Waals surface area contributed by atoms with Gasteiger partial charge in [0.05, 0.1) is 12.1 Å². The molecule has 1 unspecified atom stereocenters.